The lowest BCUT2D eigenvalue weighted by Crippen LogP contribution is -2.14. The van der Waals surface area contributed by atoms with E-state index in [1.807, 2.05) is 6.20 Å². The number of imidazole rings is 1. The van der Waals surface area contributed by atoms with Crippen LogP contribution < -0.4 is 5.32 Å². The van der Waals surface area contributed by atoms with Gasteiger partial charge in [0.25, 0.3) is 0 Å². The molecule has 0 spiro atoms. The number of benzene rings is 1. The van der Waals surface area contributed by atoms with Gasteiger partial charge in [-0.25, -0.2) is 15.0 Å². The van der Waals surface area contributed by atoms with Crippen LogP contribution >= 0.6 is 0 Å². The topological polar surface area (TPSA) is 92.9 Å². The van der Waals surface area contributed by atoms with E-state index in [1.165, 1.54) is 11.1 Å². The van der Waals surface area contributed by atoms with E-state index in [2.05, 4.69) is 56.0 Å². The first kappa shape index (κ1) is 17.6. The molecular weight excluding hydrogens is 330 g/mol. The van der Waals surface area contributed by atoms with Gasteiger partial charge in [-0.1, -0.05) is 29.8 Å². The molecule has 26 heavy (non-hydrogen) atoms. The van der Waals surface area contributed by atoms with Crippen LogP contribution in [0.15, 0.2) is 49.1 Å². The fourth-order valence-electron chi connectivity index (χ4n) is 2.65. The van der Waals surface area contributed by atoms with E-state index in [1.54, 1.807) is 18.6 Å². The number of aryl methyl sites for hydroxylation is 3. The molecule has 0 amide bonds. The molecule has 7 heteroatoms. The monoisotopic (exact) mass is 351 g/mol. The number of aromatic nitrogens is 4. The molecule has 0 saturated carbocycles. The lowest BCUT2D eigenvalue weighted by molar-refractivity contribution is -0.134. The minimum atomic E-state index is -0.957. The van der Waals surface area contributed by atoms with Crippen molar-refractivity contribution in [2.45, 2.75) is 26.3 Å². The summed E-state index contributed by atoms with van der Waals surface area (Å²) in [6.45, 7) is 2.72. The summed E-state index contributed by atoms with van der Waals surface area (Å²) >= 11 is 0. The lowest BCUT2D eigenvalue weighted by Gasteiger charge is -2.08. The standard InChI is InChI=1S/C19H21N5O2/c1-14-4-6-15(7-5-14)3-2-9-24-10-8-20-18(24)16-11-21-19(22-12-16)23-13-17(25)26/h4-8,10-12H,2-3,9,13H2,1H3,(H,25,26)(H,21,22,23). The van der Waals surface area contributed by atoms with Crippen LogP contribution in [0, 0.1) is 6.92 Å². The summed E-state index contributed by atoms with van der Waals surface area (Å²) in [4.78, 5) is 23.2. The van der Waals surface area contributed by atoms with Crippen LogP contribution in [0.3, 0.4) is 0 Å². The smallest absolute Gasteiger partial charge is 0.322 e. The van der Waals surface area contributed by atoms with Crippen LogP contribution in [0.5, 0.6) is 0 Å². The van der Waals surface area contributed by atoms with Gasteiger partial charge in [-0.05, 0) is 25.3 Å². The highest BCUT2D eigenvalue weighted by atomic mass is 16.4. The molecule has 0 atom stereocenters. The van der Waals surface area contributed by atoms with Crippen molar-refractivity contribution in [3.63, 3.8) is 0 Å². The van der Waals surface area contributed by atoms with E-state index in [0.29, 0.717) is 0 Å². The van der Waals surface area contributed by atoms with E-state index < -0.39 is 5.97 Å². The van der Waals surface area contributed by atoms with Crippen LogP contribution in [0.2, 0.25) is 0 Å². The quantitative estimate of drug-likeness (QED) is 0.648. The van der Waals surface area contributed by atoms with Crippen molar-refractivity contribution in [3.05, 3.63) is 60.2 Å². The predicted octanol–water partition coefficient (Wildman–Crippen LogP) is 2.78. The Balaban J connectivity index is 1.60. The van der Waals surface area contributed by atoms with Crippen molar-refractivity contribution >= 4 is 11.9 Å². The molecule has 0 bridgehead atoms. The maximum Gasteiger partial charge on any atom is 0.322 e. The highest BCUT2D eigenvalue weighted by Gasteiger charge is 2.08. The van der Waals surface area contributed by atoms with Gasteiger partial charge in [0.05, 0.1) is 5.56 Å². The van der Waals surface area contributed by atoms with Gasteiger partial charge in [-0.3, -0.25) is 4.79 Å². The van der Waals surface area contributed by atoms with Crippen molar-refractivity contribution in [2.24, 2.45) is 0 Å². The third-order valence-electron chi connectivity index (χ3n) is 4.01. The summed E-state index contributed by atoms with van der Waals surface area (Å²) in [6.07, 6.45) is 9.02. The maximum atomic E-state index is 10.6. The highest BCUT2D eigenvalue weighted by molar-refractivity contribution is 5.71. The Bertz CT molecular complexity index is 856. The summed E-state index contributed by atoms with van der Waals surface area (Å²) < 4.78 is 2.08. The van der Waals surface area contributed by atoms with Gasteiger partial charge >= 0.3 is 5.97 Å². The summed E-state index contributed by atoms with van der Waals surface area (Å²) in [7, 11) is 0. The first-order chi connectivity index (χ1) is 12.6. The SMILES string of the molecule is Cc1ccc(CCCn2ccnc2-c2cnc(NCC(=O)O)nc2)cc1. The van der Waals surface area contributed by atoms with Crippen LogP contribution in [0.25, 0.3) is 11.4 Å². The van der Waals surface area contributed by atoms with Gasteiger partial charge in [0, 0.05) is 31.3 Å². The van der Waals surface area contributed by atoms with Crippen LogP contribution in [-0.2, 0) is 17.8 Å². The molecule has 1 aromatic carbocycles. The second-order valence-electron chi connectivity index (χ2n) is 6.08. The zero-order valence-electron chi connectivity index (χ0n) is 14.6. The van der Waals surface area contributed by atoms with Crippen molar-refractivity contribution in [1.29, 1.82) is 0 Å². The molecule has 2 aromatic heterocycles. The Morgan fingerprint density at radius 2 is 1.88 bits per heavy atom. The molecule has 134 valence electrons. The van der Waals surface area contributed by atoms with Gasteiger partial charge in [0.1, 0.15) is 12.4 Å². The Kier molecular flexibility index (Phi) is 5.58. The molecule has 2 N–H and O–H groups in total. The van der Waals surface area contributed by atoms with Crippen LogP contribution in [-0.4, -0.2) is 37.1 Å². The van der Waals surface area contributed by atoms with Crippen LogP contribution in [0.1, 0.15) is 17.5 Å². The van der Waals surface area contributed by atoms with Crippen molar-refractivity contribution in [1.82, 2.24) is 19.5 Å². The second kappa shape index (κ2) is 8.24. The van der Waals surface area contributed by atoms with Crippen molar-refractivity contribution < 1.29 is 9.90 Å². The van der Waals surface area contributed by atoms with E-state index in [0.717, 1.165) is 30.8 Å². The largest absolute Gasteiger partial charge is 0.480 e. The average Bonchev–Trinajstić information content (AvgIpc) is 3.10. The lowest BCUT2D eigenvalue weighted by atomic mass is 10.1. The fourth-order valence-corrected chi connectivity index (χ4v) is 2.65. The fraction of sp³-hybridized carbons (Fsp3) is 0.263. The first-order valence-corrected chi connectivity index (χ1v) is 8.46. The average molecular weight is 351 g/mol. The number of hydrogen-bond acceptors (Lipinski definition) is 5. The first-order valence-electron chi connectivity index (χ1n) is 8.46. The highest BCUT2D eigenvalue weighted by Crippen LogP contribution is 2.17. The maximum absolute atomic E-state index is 10.6. The van der Waals surface area contributed by atoms with Gasteiger partial charge in [-0.2, -0.15) is 0 Å². The third kappa shape index (κ3) is 4.66. The number of carbonyl (C=O) groups is 1. The minimum Gasteiger partial charge on any atom is -0.480 e. The third-order valence-corrected chi connectivity index (χ3v) is 4.01. The number of rotatable bonds is 8. The molecule has 0 radical (unpaired) electrons. The summed E-state index contributed by atoms with van der Waals surface area (Å²) in [5.74, 6) is 0.133. The second-order valence-corrected chi connectivity index (χ2v) is 6.08. The summed E-state index contributed by atoms with van der Waals surface area (Å²) in [6, 6.07) is 8.60. The Hall–Kier alpha value is -3.22. The van der Waals surface area contributed by atoms with Crippen molar-refractivity contribution in [2.75, 3.05) is 11.9 Å². The van der Waals surface area contributed by atoms with Gasteiger partial charge in [0.2, 0.25) is 5.95 Å². The molecule has 0 aliphatic rings. The molecule has 0 aliphatic carbocycles. The molecule has 3 aromatic rings. The number of aliphatic carboxylic acids is 1. The summed E-state index contributed by atoms with van der Waals surface area (Å²) in [5.41, 5.74) is 3.40. The van der Waals surface area contributed by atoms with Crippen LogP contribution in [0.4, 0.5) is 5.95 Å². The zero-order chi connectivity index (χ0) is 18.4. The number of nitrogens with zero attached hydrogens (tertiary/aromatic N) is 4. The number of hydrogen-bond donors (Lipinski definition) is 2. The number of anilines is 1. The van der Waals surface area contributed by atoms with E-state index >= 15 is 0 Å². The van der Waals surface area contributed by atoms with E-state index in [4.69, 9.17) is 5.11 Å². The molecule has 3 rings (SSSR count). The number of carboxylic acid groups (broad SMARTS) is 1. The predicted molar refractivity (Wildman–Crippen MR) is 98.9 cm³/mol. The molecule has 0 aliphatic heterocycles. The van der Waals surface area contributed by atoms with E-state index in [9.17, 15) is 4.79 Å². The molecule has 0 unspecified atom stereocenters. The van der Waals surface area contributed by atoms with Crippen molar-refractivity contribution in [3.8, 4) is 11.4 Å². The Morgan fingerprint density at radius 1 is 1.15 bits per heavy atom. The van der Waals surface area contributed by atoms with E-state index in [-0.39, 0.29) is 12.5 Å². The summed E-state index contributed by atoms with van der Waals surface area (Å²) in [5, 5.41) is 11.3. The zero-order valence-corrected chi connectivity index (χ0v) is 14.6. The Labute approximate surface area is 151 Å². The minimum absolute atomic E-state index is 0.215. The normalized spacial score (nSPS) is 10.7. The molecule has 2 heterocycles. The molecule has 0 saturated heterocycles. The Morgan fingerprint density at radius 3 is 2.58 bits per heavy atom. The van der Waals surface area contributed by atoms with Gasteiger partial charge in [-0.15, -0.1) is 0 Å². The molecular formula is C19H21N5O2. The molecule has 0 fully saturated rings. The van der Waals surface area contributed by atoms with Gasteiger partial charge in [0.15, 0.2) is 0 Å². The number of nitrogens with one attached hydrogen (secondary N) is 1. The van der Waals surface area contributed by atoms with Gasteiger partial charge < -0.3 is 15.0 Å². The number of carboxylic acids is 1. The molecule has 7 nitrogen and oxygen atoms in total.